The maximum Gasteiger partial charge on any atom is 0.141 e. The molecular weight excluding hydrogens is 224 g/mol. The fraction of sp³-hybridized carbons (Fsp3) is 0.214. The predicted molar refractivity (Wildman–Crippen MR) is 73.8 cm³/mol. The van der Waals surface area contributed by atoms with Crippen molar-refractivity contribution in [2.45, 2.75) is 19.3 Å². The van der Waals surface area contributed by atoms with Crippen molar-refractivity contribution in [2.75, 3.05) is 10.7 Å². The van der Waals surface area contributed by atoms with Crippen LogP contribution in [0.25, 0.3) is 0 Å². The van der Waals surface area contributed by atoms with E-state index in [4.69, 9.17) is 5.84 Å². The zero-order valence-electron chi connectivity index (χ0n) is 10.1. The summed E-state index contributed by atoms with van der Waals surface area (Å²) >= 11 is 0. The number of rotatable bonds is 3. The van der Waals surface area contributed by atoms with Crippen molar-refractivity contribution in [1.29, 1.82) is 0 Å². The summed E-state index contributed by atoms with van der Waals surface area (Å²) in [6, 6.07) is 10.4. The summed E-state index contributed by atoms with van der Waals surface area (Å²) in [4.78, 5) is 4.08. The van der Waals surface area contributed by atoms with Gasteiger partial charge in [-0.1, -0.05) is 6.07 Å². The summed E-state index contributed by atoms with van der Waals surface area (Å²) < 4.78 is 0. The van der Waals surface area contributed by atoms with E-state index in [0.717, 1.165) is 11.4 Å². The maximum atomic E-state index is 5.35. The average Bonchev–Trinajstić information content (AvgIpc) is 2.86. The zero-order valence-corrected chi connectivity index (χ0v) is 10.1. The van der Waals surface area contributed by atoms with Gasteiger partial charge in [-0.05, 0) is 48.6 Å². The standard InChI is InChI=1S/C14H16N4/c15-18-14-9-13(6-7-16-14)17-12-5-4-10-2-1-3-11(10)8-12/h4-9H,1-3,15H2,(H2,16,17,18). The largest absolute Gasteiger partial charge is 0.355 e. The third-order valence-electron chi connectivity index (χ3n) is 3.29. The van der Waals surface area contributed by atoms with Crippen molar-refractivity contribution in [1.82, 2.24) is 4.98 Å². The molecule has 1 aliphatic carbocycles. The molecular formula is C14H16N4. The molecule has 4 heteroatoms. The number of aromatic nitrogens is 1. The van der Waals surface area contributed by atoms with Crippen LogP contribution in [0.5, 0.6) is 0 Å². The normalized spacial score (nSPS) is 13.2. The smallest absolute Gasteiger partial charge is 0.141 e. The van der Waals surface area contributed by atoms with Gasteiger partial charge in [-0.15, -0.1) is 0 Å². The molecule has 2 aromatic rings. The molecule has 92 valence electrons. The molecule has 0 saturated heterocycles. The Morgan fingerprint density at radius 1 is 1.00 bits per heavy atom. The van der Waals surface area contributed by atoms with Crippen LogP contribution < -0.4 is 16.6 Å². The number of hydrogen-bond acceptors (Lipinski definition) is 4. The fourth-order valence-electron chi connectivity index (χ4n) is 2.40. The van der Waals surface area contributed by atoms with Crippen LogP contribution >= 0.6 is 0 Å². The SMILES string of the molecule is NNc1cc(Nc2ccc3c(c2)CCC3)ccn1. The van der Waals surface area contributed by atoms with Gasteiger partial charge in [-0.2, -0.15) is 0 Å². The lowest BCUT2D eigenvalue weighted by molar-refractivity contribution is 0.912. The fourth-order valence-corrected chi connectivity index (χ4v) is 2.40. The van der Waals surface area contributed by atoms with Gasteiger partial charge in [0.2, 0.25) is 0 Å². The van der Waals surface area contributed by atoms with Crippen LogP contribution in [0.4, 0.5) is 17.2 Å². The van der Waals surface area contributed by atoms with Gasteiger partial charge < -0.3 is 10.7 Å². The second-order valence-corrected chi connectivity index (χ2v) is 4.54. The molecule has 4 nitrogen and oxygen atoms in total. The molecule has 0 unspecified atom stereocenters. The van der Waals surface area contributed by atoms with Crippen LogP contribution in [-0.2, 0) is 12.8 Å². The molecule has 0 amide bonds. The number of pyridine rings is 1. The van der Waals surface area contributed by atoms with Gasteiger partial charge >= 0.3 is 0 Å². The molecule has 1 aliphatic rings. The van der Waals surface area contributed by atoms with Gasteiger partial charge in [0, 0.05) is 23.6 Å². The first-order valence-electron chi connectivity index (χ1n) is 6.16. The number of nitrogen functional groups attached to an aromatic ring is 1. The molecule has 0 spiro atoms. The predicted octanol–water partition coefficient (Wildman–Crippen LogP) is 2.60. The summed E-state index contributed by atoms with van der Waals surface area (Å²) in [5.74, 6) is 6.00. The van der Waals surface area contributed by atoms with Crippen LogP contribution in [0.3, 0.4) is 0 Å². The maximum absolute atomic E-state index is 5.35. The number of aryl methyl sites for hydroxylation is 2. The molecule has 0 aliphatic heterocycles. The lowest BCUT2D eigenvalue weighted by atomic mass is 10.1. The van der Waals surface area contributed by atoms with E-state index in [-0.39, 0.29) is 0 Å². The Labute approximate surface area is 106 Å². The molecule has 18 heavy (non-hydrogen) atoms. The molecule has 0 saturated carbocycles. The van der Waals surface area contributed by atoms with Crippen LogP contribution in [0.1, 0.15) is 17.5 Å². The number of fused-ring (bicyclic) bond motifs is 1. The number of anilines is 3. The summed E-state index contributed by atoms with van der Waals surface area (Å²) in [6.45, 7) is 0. The number of nitrogens with one attached hydrogen (secondary N) is 2. The Bertz CT molecular complexity index is 565. The van der Waals surface area contributed by atoms with E-state index in [1.165, 1.54) is 30.4 Å². The van der Waals surface area contributed by atoms with Gasteiger partial charge in [0.1, 0.15) is 5.82 Å². The van der Waals surface area contributed by atoms with Crippen molar-refractivity contribution in [3.8, 4) is 0 Å². The van der Waals surface area contributed by atoms with E-state index in [1.807, 2.05) is 12.1 Å². The first kappa shape index (κ1) is 11.0. The van der Waals surface area contributed by atoms with Crippen LogP contribution in [0.2, 0.25) is 0 Å². The summed E-state index contributed by atoms with van der Waals surface area (Å²) in [5, 5.41) is 3.37. The highest BCUT2D eigenvalue weighted by Gasteiger charge is 2.10. The molecule has 1 heterocycles. The van der Waals surface area contributed by atoms with Gasteiger partial charge in [-0.25, -0.2) is 10.8 Å². The Morgan fingerprint density at radius 3 is 2.72 bits per heavy atom. The first-order valence-corrected chi connectivity index (χ1v) is 6.16. The van der Waals surface area contributed by atoms with Crippen LogP contribution in [0.15, 0.2) is 36.5 Å². The van der Waals surface area contributed by atoms with Gasteiger partial charge in [0.05, 0.1) is 0 Å². The van der Waals surface area contributed by atoms with E-state index in [0.29, 0.717) is 5.82 Å². The molecule has 4 N–H and O–H groups in total. The molecule has 0 atom stereocenters. The third kappa shape index (κ3) is 2.15. The lowest BCUT2D eigenvalue weighted by Gasteiger charge is -2.09. The topological polar surface area (TPSA) is 63.0 Å². The first-order chi connectivity index (χ1) is 8.85. The minimum absolute atomic E-state index is 0.654. The minimum atomic E-state index is 0.654. The number of hydrogen-bond donors (Lipinski definition) is 3. The van der Waals surface area contributed by atoms with E-state index >= 15 is 0 Å². The number of benzene rings is 1. The highest BCUT2D eigenvalue weighted by Crippen LogP contribution is 2.26. The van der Waals surface area contributed by atoms with E-state index in [1.54, 1.807) is 6.20 Å². The lowest BCUT2D eigenvalue weighted by Crippen LogP contribution is -2.08. The quantitative estimate of drug-likeness (QED) is 0.570. The Balaban J connectivity index is 1.83. The van der Waals surface area contributed by atoms with Gasteiger partial charge in [-0.3, -0.25) is 0 Å². The molecule has 1 aromatic heterocycles. The molecule has 0 bridgehead atoms. The average molecular weight is 240 g/mol. The van der Waals surface area contributed by atoms with Gasteiger partial charge in [0.25, 0.3) is 0 Å². The Kier molecular flexibility index (Phi) is 2.86. The third-order valence-corrected chi connectivity index (χ3v) is 3.29. The molecule has 3 rings (SSSR count). The van der Waals surface area contributed by atoms with Crippen LogP contribution in [-0.4, -0.2) is 4.98 Å². The summed E-state index contributed by atoms with van der Waals surface area (Å²) in [5.41, 5.74) is 7.59. The van der Waals surface area contributed by atoms with Crippen LogP contribution in [0, 0.1) is 0 Å². The number of hydrazine groups is 1. The molecule has 1 aromatic carbocycles. The van der Waals surface area contributed by atoms with Gasteiger partial charge in [0.15, 0.2) is 0 Å². The van der Waals surface area contributed by atoms with E-state index in [2.05, 4.69) is 33.9 Å². The number of nitrogens with two attached hydrogens (primary N) is 1. The monoisotopic (exact) mass is 240 g/mol. The second-order valence-electron chi connectivity index (χ2n) is 4.54. The van der Waals surface area contributed by atoms with E-state index < -0.39 is 0 Å². The summed E-state index contributed by atoms with van der Waals surface area (Å²) in [7, 11) is 0. The van der Waals surface area contributed by atoms with Crippen molar-refractivity contribution in [3.05, 3.63) is 47.7 Å². The highest BCUT2D eigenvalue weighted by molar-refractivity contribution is 5.63. The minimum Gasteiger partial charge on any atom is -0.355 e. The number of nitrogens with zero attached hydrogens (tertiary/aromatic N) is 1. The second kappa shape index (κ2) is 4.66. The van der Waals surface area contributed by atoms with Crippen molar-refractivity contribution in [3.63, 3.8) is 0 Å². The highest BCUT2D eigenvalue weighted by atomic mass is 15.2. The van der Waals surface area contributed by atoms with E-state index in [9.17, 15) is 0 Å². The van der Waals surface area contributed by atoms with Crippen molar-refractivity contribution in [2.24, 2.45) is 5.84 Å². The Morgan fingerprint density at radius 2 is 1.83 bits per heavy atom. The molecule has 0 radical (unpaired) electrons. The summed E-state index contributed by atoms with van der Waals surface area (Å²) in [6.07, 6.45) is 5.41. The van der Waals surface area contributed by atoms with Crippen molar-refractivity contribution >= 4 is 17.2 Å². The zero-order chi connectivity index (χ0) is 12.4. The molecule has 0 fully saturated rings. The Hall–Kier alpha value is -2.07. The van der Waals surface area contributed by atoms with Crippen molar-refractivity contribution < 1.29 is 0 Å².